The van der Waals surface area contributed by atoms with Gasteiger partial charge in [-0.05, 0) is 44.9 Å². The molecule has 1 aliphatic heterocycles. The van der Waals surface area contributed by atoms with Crippen molar-refractivity contribution in [1.29, 1.82) is 0 Å². The molecule has 0 radical (unpaired) electrons. The summed E-state index contributed by atoms with van der Waals surface area (Å²) >= 11 is 0. The summed E-state index contributed by atoms with van der Waals surface area (Å²) in [5.41, 5.74) is 0. The lowest BCUT2D eigenvalue weighted by Crippen LogP contribution is -2.60. The molecular formula is C88H171NO8. The van der Waals surface area contributed by atoms with E-state index in [0.717, 1.165) is 44.9 Å². The van der Waals surface area contributed by atoms with Gasteiger partial charge in [-0.25, -0.2) is 0 Å². The number of aliphatic hydroxyl groups excluding tert-OH is 5. The first-order valence-electron chi connectivity index (χ1n) is 44.0. The van der Waals surface area contributed by atoms with Crippen molar-refractivity contribution in [3.8, 4) is 0 Å². The minimum absolute atomic E-state index is 0.131. The second kappa shape index (κ2) is 77.3. The third-order valence-electron chi connectivity index (χ3n) is 21.6. The lowest BCUT2D eigenvalue weighted by Gasteiger charge is -2.40. The summed E-state index contributed by atoms with van der Waals surface area (Å²) in [6.07, 6.45) is 97.6. The van der Waals surface area contributed by atoms with Crippen molar-refractivity contribution < 1.29 is 39.8 Å². The molecule has 97 heavy (non-hydrogen) atoms. The number of amides is 1. The van der Waals surface area contributed by atoms with E-state index in [1.807, 2.05) is 0 Å². The number of carbonyl (C=O) groups excluding carboxylic acids is 1. The minimum Gasteiger partial charge on any atom is -0.394 e. The van der Waals surface area contributed by atoms with Crippen molar-refractivity contribution in [3.05, 3.63) is 24.3 Å². The Bertz CT molecular complexity index is 1590. The maximum Gasteiger partial charge on any atom is 0.220 e. The number of hydrogen-bond acceptors (Lipinski definition) is 8. The van der Waals surface area contributed by atoms with E-state index in [-0.39, 0.29) is 12.5 Å². The highest BCUT2D eigenvalue weighted by Gasteiger charge is 2.44. The largest absolute Gasteiger partial charge is 0.394 e. The summed E-state index contributed by atoms with van der Waals surface area (Å²) in [7, 11) is 0. The first kappa shape index (κ1) is 93.7. The fourth-order valence-electron chi connectivity index (χ4n) is 14.7. The highest BCUT2D eigenvalue weighted by atomic mass is 16.7. The predicted molar refractivity (Wildman–Crippen MR) is 420 cm³/mol. The lowest BCUT2D eigenvalue weighted by atomic mass is 9.99. The molecule has 7 unspecified atom stereocenters. The number of unbranched alkanes of at least 4 members (excludes halogenated alkanes) is 66. The number of rotatable bonds is 80. The second-order valence-corrected chi connectivity index (χ2v) is 31.0. The van der Waals surface area contributed by atoms with Gasteiger partial charge in [0.25, 0.3) is 0 Å². The van der Waals surface area contributed by atoms with Crippen molar-refractivity contribution >= 4 is 5.91 Å². The van der Waals surface area contributed by atoms with E-state index in [2.05, 4.69) is 43.5 Å². The van der Waals surface area contributed by atoms with Gasteiger partial charge in [0.15, 0.2) is 6.29 Å². The highest BCUT2D eigenvalue weighted by molar-refractivity contribution is 5.76. The molecule has 7 atom stereocenters. The van der Waals surface area contributed by atoms with Gasteiger partial charge in [0.1, 0.15) is 24.4 Å². The quantitative estimate of drug-likeness (QED) is 0.0261. The summed E-state index contributed by atoms with van der Waals surface area (Å²) in [5.74, 6) is -0.132. The Kier molecular flexibility index (Phi) is 74.6. The van der Waals surface area contributed by atoms with Crippen LogP contribution in [0.4, 0.5) is 0 Å². The lowest BCUT2D eigenvalue weighted by molar-refractivity contribution is -0.302. The van der Waals surface area contributed by atoms with E-state index in [1.54, 1.807) is 0 Å². The van der Waals surface area contributed by atoms with Gasteiger partial charge in [0, 0.05) is 6.42 Å². The number of aliphatic hydroxyl groups is 5. The average molecular weight is 1370 g/mol. The Hall–Kier alpha value is -1.33. The second-order valence-electron chi connectivity index (χ2n) is 31.0. The summed E-state index contributed by atoms with van der Waals surface area (Å²) in [6, 6.07) is -0.718. The van der Waals surface area contributed by atoms with Crippen molar-refractivity contribution in [2.45, 2.75) is 519 Å². The zero-order valence-corrected chi connectivity index (χ0v) is 65.1. The Morgan fingerprint density at radius 1 is 0.351 bits per heavy atom. The summed E-state index contributed by atoms with van der Waals surface area (Å²) < 4.78 is 11.4. The summed E-state index contributed by atoms with van der Waals surface area (Å²) in [6.45, 7) is 3.91. The van der Waals surface area contributed by atoms with Crippen molar-refractivity contribution in [3.63, 3.8) is 0 Å². The molecular weight excluding hydrogens is 1200 g/mol. The molecule has 1 fully saturated rings. The van der Waals surface area contributed by atoms with E-state index < -0.39 is 49.5 Å². The molecule has 1 saturated heterocycles. The SMILES string of the molecule is CCCCCCC/C=C\C/C=C\CCCCCCCCCCCCCCCCCCCCCCCCCCCCCCCC(=O)NC(COC1OC(CO)C(O)C(O)C1O)C(O)CCCCCCCCCCCCCCCCCCCCCCCCCCCCCCCCCCC. The molecule has 1 rings (SSSR count). The zero-order valence-electron chi connectivity index (χ0n) is 65.1. The number of nitrogens with one attached hydrogen (secondary N) is 1. The molecule has 9 nitrogen and oxygen atoms in total. The fourth-order valence-corrected chi connectivity index (χ4v) is 14.7. The van der Waals surface area contributed by atoms with Crippen LogP contribution in [0.2, 0.25) is 0 Å². The Labute approximate surface area is 604 Å². The molecule has 0 aromatic carbocycles. The van der Waals surface area contributed by atoms with Gasteiger partial charge in [-0.1, -0.05) is 449 Å². The van der Waals surface area contributed by atoms with Gasteiger partial charge in [-0.15, -0.1) is 0 Å². The molecule has 1 amide bonds. The van der Waals surface area contributed by atoms with E-state index in [4.69, 9.17) is 9.47 Å². The minimum atomic E-state index is -1.55. The number of hydrogen-bond donors (Lipinski definition) is 6. The van der Waals surface area contributed by atoms with Crippen LogP contribution in [-0.4, -0.2) is 87.5 Å². The molecule has 6 N–H and O–H groups in total. The fraction of sp³-hybridized carbons (Fsp3) is 0.943. The van der Waals surface area contributed by atoms with E-state index in [9.17, 15) is 30.3 Å². The van der Waals surface area contributed by atoms with E-state index >= 15 is 0 Å². The molecule has 1 heterocycles. The Balaban J connectivity index is 2.00. The molecule has 0 spiro atoms. The summed E-state index contributed by atoms with van der Waals surface area (Å²) in [4.78, 5) is 13.2. The van der Waals surface area contributed by atoms with Crippen LogP contribution in [0, 0.1) is 0 Å². The van der Waals surface area contributed by atoms with E-state index in [0.29, 0.717) is 12.8 Å². The van der Waals surface area contributed by atoms with Crippen LogP contribution < -0.4 is 5.32 Å². The van der Waals surface area contributed by atoms with Crippen LogP contribution in [0.5, 0.6) is 0 Å². The third-order valence-corrected chi connectivity index (χ3v) is 21.6. The normalized spacial score (nSPS) is 17.4. The third kappa shape index (κ3) is 65.2. The van der Waals surface area contributed by atoms with Crippen molar-refractivity contribution in [2.75, 3.05) is 13.2 Å². The molecule has 0 bridgehead atoms. The molecule has 0 saturated carbocycles. The smallest absolute Gasteiger partial charge is 0.220 e. The van der Waals surface area contributed by atoms with Crippen LogP contribution in [-0.2, 0) is 14.3 Å². The summed E-state index contributed by atoms with van der Waals surface area (Å²) in [5, 5.41) is 55.2. The monoisotopic (exact) mass is 1370 g/mol. The van der Waals surface area contributed by atoms with Crippen LogP contribution >= 0.6 is 0 Å². The van der Waals surface area contributed by atoms with Gasteiger partial charge < -0.3 is 40.3 Å². The predicted octanol–water partition coefficient (Wildman–Crippen LogP) is 25.9. The molecule has 0 aromatic heterocycles. The first-order valence-corrected chi connectivity index (χ1v) is 44.0. The van der Waals surface area contributed by atoms with Gasteiger partial charge in [0.2, 0.25) is 5.91 Å². The topological polar surface area (TPSA) is 149 Å². The number of ether oxygens (including phenoxy) is 2. The van der Waals surface area contributed by atoms with Crippen molar-refractivity contribution in [2.24, 2.45) is 0 Å². The average Bonchev–Trinajstić information content (AvgIpc) is 0.854. The Morgan fingerprint density at radius 2 is 0.608 bits per heavy atom. The molecule has 0 aliphatic carbocycles. The van der Waals surface area contributed by atoms with Crippen LogP contribution in [0.25, 0.3) is 0 Å². The number of allylic oxidation sites excluding steroid dienone is 4. The molecule has 576 valence electrons. The van der Waals surface area contributed by atoms with E-state index in [1.165, 1.54) is 405 Å². The maximum absolute atomic E-state index is 13.2. The maximum atomic E-state index is 13.2. The molecule has 1 aliphatic rings. The van der Waals surface area contributed by atoms with Gasteiger partial charge in [0.05, 0.1) is 25.4 Å². The van der Waals surface area contributed by atoms with Crippen LogP contribution in [0.3, 0.4) is 0 Å². The zero-order chi connectivity index (χ0) is 69.9. The molecule has 9 heteroatoms. The van der Waals surface area contributed by atoms with Crippen LogP contribution in [0.1, 0.15) is 476 Å². The van der Waals surface area contributed by atoms with Gasteiger partial charge in [-0.2, -0.15) is 0 Å². The van der Waals surface area contributed by atoms with Gasteiger partial charge in [-0.3, -0.25) is 4.79 Å². The first-order chi connectivity index (χ1) is 47.8. The highest BCUT2D eigenvalue weighted by Crippen LogP contribution is 2.25. The Morgan fingerprint density at radius 3 is 0.887 bits per heavy atom. The molecule has 0 aromatic rings. The standard InChI is InChI=1S/C88H171NO8/c1-3-5-7-9-11-13-15-17-19-21-23-25-27-29-31-33-35-37-38-39-40-41-42-43-44-46-48-50-52-54-56-58-60-62-64-66-68-70-72-74-76-78-84(92)89-81(80-96-88-87(95)86(94)85(93)83(79-90)97-88)82(91)77-75-73-71-69-67-65-63-61-59-57-55-53-51-49-47-45-36-34-32-30-28-26-24-22-20-18-16-14-12-10-8-6-4-2/h15,17,21,23,81-83,85-88,90-91,93-95H,3-14,16,18-20,22,24-80H2,1-2H3,(H,89,92)/b17-15-,23-21-. The number of carbonyl (C=O) groups is 1. The van der Waals surface area contributed by atoms with Crippen molar-refractivity contribution in [1.82, 2.24) is 5.32 Å². The van der Waals surface area contributed by atoms with Gasteiger partial charge >= 0.3 is 0 Å². The van der Waals surface area contributed by atoms with Crippen LogP contribution in [0.15, 0.2) is 24.3 Å².